The molecule has 29 heavy (non-hydrogen) atoms. The Morgan fingerprint density at radius 2 is 1.66 bits per heavy atom. The first-order valence-electron chi connectivity index (χ1n) is 9.82. The lowest BCUT2D eigenvalue weighted by molar-refractivity contribution is 0.102. The zero-order valence-electron chi connectivity index (χ0n) is 16.5. The zero-order valence-corrected chi connectivity index (χ0v) is 16.5. The molecule has 5 heteroatoms. The molecule has 4 rings (SSSR count). The smallest absolute Gasteiger partial charge is 0.258 e. The molecule has 0 aliphatic carbocycles. The van der Waals surface area contributed by atoms with Crippen molar-refractivity contribution in [3.63, 3.8) is 0 Å². The number of hydrogen-bond donors (Lipinski definition) is 2. The van der Waals surface area contributed by atoms with Crippen molar-refractivity contribution >= 4 is 23.0 Å². The number of benzene rings is 3. The molecule has 1 fully saturated rings. The number of morpholine rings is 1. The van der Waals surface area contributed by atoms with E-state index >= 15 is 0 Å². The summed E-state index contributed by atoms with van der Waals surface area (Å²) in [5, 5.41) is 2.99. The minimum absolute atomic E-state index is 0.197. The molecule has 0 spiro atoms. The average Bonchev–Trinajstić information content (AvgIpc) is 2.76. The van der Waals surface area contributed by atoms with Gasteiger partial charge in [-0.1, -0.05) is 36.4 Å². The van der Waals surface area contributed by atoms with Crippen LogP contribution >= 0.6 is 0 Å². The molecule has 1 saturated heterocycles. The molecule has 1 aliphatic heterocycles. The molecular weight excluding hydrogens is 362 g/mol. The van der Waals surface area contributed by atoms with Gasteiger partial charge < -0.3 is 20.7 Å². The fourth-order valence-corrected chi connectivity index (χ4v) is 3.74. The van der Waals surface area contributed by atoms with E-state index in [1.54, 1.807) is 6.07 Å². The van der Waals surface area contributed by atoms with Gasteiger partial charge in [0.2, 0.25) is 0 Å². The number of hydrogen-bond acceptors (Lipinski definition) is 4. The van der Waals surface area contributed by atoms with Crippen LogP contribution in [0.1, 0.15) is 15.9 Å². The minimum atomic E-state index is -0.197. The van der Waals surface area contributed by atoms with E-state index in [1.807, 2.05) is 67.6 Å². The van der Waals surface area contributed by atoms with Crippen LogP contribution < -0.4 is 16.0 Å². The van der Waals surface area contributed by atoms with Crippen LogP contribution in [-0.2, 0) is 4.74 Å². The Bertz CT molecular complexity index is 995. The molecule has 3 aromatic carbocycles. The second-order valence-electron chi connectivity index (χ2n) is 7.17. The van der Waals surface area contributed by atoms with E-state index in [4.69, 9.17) is 10.5 Å². The predicted octanol–water partition coefficient (Wildman–Crippen LogP) is 4.33. The summed E-state index contributed by atoms with van der Waals surface area (Å²) in [6.45, 7) is 5.19. The summed E-state index contributed by atoms with van der Waals surface area (Å²) in [6.07, 6.45) is 0. The molecule has 1 aliphatic rings. The number of ether oxygens (including phenoxy) is 1. The van der Waals surface area contributed by atoms with Crippen LogP contribution in [0, 0.1) is 6.92 Å². The van der Waals surface area contributed by atoms with Gasteiger partial charge in [0.05, 0.1) is 18.8 Å². The van der Waals surface area contributed by atoms with Gasteiger partial charge in [0, 0.05) is 30.2 Å². The Balaban J connectivity index is 1.55. The van der Waals surface area contributed by atoms with Gasteiger partial charge in [-0.05, 0) is 53.9 Å². The van der Waals surface area contributed by atoms with Gasteiger partial charge in [-0.3, -0.25) is 4.79 Å². The van der Waals surface area contributed by atoms with Crippen LogP contribution in [0.15, 0.2) is 66.7 Å². The van der Waals surface area contributed by atoms with Crippen LogP contribution in [0.2, 0.25) is 0 Å². The third-order valence-corrected chi connectivity index (χ3v) is 5.31. The van der Waals surface area contributed by atoms with Gasteiger partial charge in [-0.15, -0.1) is 0 Å². The fraction of sp³-hybridized carbons (Fsp3) is 0.208. The molecule has 0 bridgehead atoms. The predicted molar refractivity (Wildman–Crippen MR) is 118 cm³/mol. The highest BCUT2D eigenvalue weighted by Crippen LogP contribution is 2.30. The van der Waals surface area contributed by atoms with E-state index in [2.05, 4.69) is 10.2 Å². The number of nitrogens with one attached hydrogen (secondary N) is 1. The van der Waals surface area contributed by atoms with Crippen molar-refractivity contribution in [1.29, 1.82) is 0 Å². The lowest BCUT2D eigenvalue weighted by Gasteiger charge is -2.28. The number of carbonyl (C=O) groups excluding carboxylic acids is 1. The molecule has 0 radical (unpaired) electrons. The lowest BCUT2D eigenvalue weighted by atomic mass is 9.95. The summed E-state index contributed by atoms with van der Waals surface area (Å²) in [4.78, 5) is 15.3. The van der Waals surface area contributed by atoms with Crippen molar-refractivity contribution in [1.82, 2.24) is 0 Å². The molecule has 1 heterocycles. The maximum absolute atomic E-state index is 13.0. The van der Waals surface area contributed by atoms with Crippen molar-refractivity contribution in [3.8, 4) is 11.1 Å². The van der Waals surface area contributed by atoms with E-state index in [0.717, 1.165) is 54.4 Å². The number of nitrogens with zero attached hydrogens (tertiary/aromatic N) is 1. The van der Waals surface area contributed by atoms with E-state index in [0.29, 0.717) is 11.3 Å². The monoisotopic (exact) mass is 387 g/mol. The van der Waals surface area contributed by atoms with E-state index in [1.165, 1.54) is 0 Å². The Morgan fingerprint density at radius 3 is 2.34 bits per heavy atom. The van der Waals surface area contributed by atoms with Gasteiger partial charge in [0.1, 0.15) is 0 Å². The van der Waals surface area contributed by atoms with Gasteiger partial charge in [0.15, 0.2) is 0 Å². The largest absolute Gasteiger partial charge is 0.398 e. The molecule has 5 nitrogen and oxygen atoms in total. The first-order chi connectivity index (χ1) is 14.1. The lowest BCUT2D eigenvalue weighted by Crippen LogP contribution is -2.36. The fourth-order valence-electron chi connectivity index (χ4n) is 3.74. The number of amides is 1. The molecule has 0 aromatic heterocycles. The summed E-state index contributed by atoms with van der Waals surface area (Å²) in [5.74, 6) is -0.197. The molecular formula is C24H25N3O2. The van der Waals surface area contributed by atoms with Crippen molar-refractivity contribution < 1.29 is 9.53 Å². The van der Waals surface area contributed by atoms with Gasteiger partial charge in [-0.25, -0.2) is 0 Å². The summed E-state index contributed by atoms with van der Waals surface area (Å²) in [5.41, 5.74) is 12.0. The summed E-state index contributed by atoms with van der Waals surface area (Å²) in [7, 11) is 0. The van der Waals surface area contributed by atoms with E-state index in [9.17, 15) is 4.79 Å². The van der Waals surface area contributed by atoms with Crippen molar-refractivity contribution in [2.24, 2.45) is 0 Å². The molecule has 0 atom stereocenters. The highest BCUT2D eigenvalue weighted by Gasteiger charge is 2.17. The summed E-state index contributed by atoms with van der Waals surface area (Å²) >= 11 is 0. The van der Waals surface area contributed by atoms with Crippen LogP contribution in [0.4, 0.5) is 17.1 Å². The van der Waals surface area contributed by atoms with Crippen molar-refractivity contribution in [2.45, 2.75) is 6.92 Å². The number of rotatable bonds is 4. The standard InChI is InChI=1S/C24H25N3O2/c1-17-21(18-5-3-2-4-6-18)11-12-22(25)23(17)24(28)26-19-7-9-20(10-8-19)27-13-15-29-16-14-27/h2-12H,13-16,25H2,1H3,(H,26,28). The maximum Gasteiger partial charge on any atom is 0.258 e. The summed E-state index contributed by atoms with van der Waals surface area (Å²) < 4.78 is 5.40. The van der Waals surface area contributed by atoms with Gasteiger partial charge in [-0.2, -0.15) is 0 Å². The van der Waals surface area contributed by atoms with Crippen molar-refractivity contribution in [2.75, 3.05) is 42.3 Å². The molecule has 3 aromatic rings. The Hall–Kier alpha value is -3.31. The third kappa shape index (κ3) is 4.10. The van der Waals surface area contributed by atoms with Crippen molar-refractivity contribution in [3.05, 3.63) is 77.9 Å². The second-order valence-corrected chi connectivity index (χ2v) is 7.17. The highest BCUT2D eigenvalue weighted by atomic mass is 16.5. The minimum Gasteiger partial charge on any atom is -0.398 e. The first-order valence-corrected chi connectivity index (χ1v) is 9.82. The van der Waals surface area contributed by atoms with Crippen LogP contribution in [-0.4, -0.2) is 32.2 Å². The topological polar surface area (TPSA) is 67.6 Å². The van der Waals surface area contributed by atoms with Gasteiger partial charge >= 0.3 is 0 Å². The Kier molecular flexibility index (Phi) is 5.49. The van der Waals surface area contributed by atoms with Crippen LogP contribution in [0.5, 0.6) is 0 Å². The number of nitrogen functional groups attached to an aromatic ring is 1. The normalized spacial score (nSPS) is 13.9. The highest BCUT2D eigenvalue weighted by molar-refractivity contribution is 6.10. The summed E-state index contributed by atoms with van der Waals surface area (Å²) in [6, 6.07) is 21.7. The quantitative estimate of drug-likeness (QED) is 0.654. The van der Waals surface area contributed by atoms with E-state index < -0.39 is 0 Å². The SMILES string of the molecule is Cc1c(-c2ccccc2)ccc(N)c1C(=O)Nc1ccc(N2CCOCC2)cc1. The zero-order chi connectivity index (χ0) is 20.2. The van der Waals surface area contributed by atoms with E-state index in [-0.39, 0.29) is 5.91 Å². The van der Waals surface area contributed by atoms with Crippen LogP contribution in [0.3, 0.4) is 0 Å². The molecule has 0 unspecified atom stereocenters. The Morgan fingerprint density at radius 1 is 0.966 bits per heavy atom. The first kappa shape index (κ1) is 19.0. The van der Waals surface area contributed by atoms with Crippen LogP contribution in [0.25, 0.3) is 11.1 Å². The second kappa shape index (κ2) is 8.37. The number of anilines is 3. The molecule has 3 N–H and O–H groups in total. The van der Waals surface area contributed by atoms with Gasteiger partial charge in [0.25, 0.3) is 5.91 Å². The molecule has 1 amide bonds. The number of carbonyl (C=O) groups is 1. The molecule has 148 valence electrons. The molecule has 0 saturated carbocycles. The third-order valence-electron chi connectivity index (χ3n) is 5.31. The number of nitrogens with two attached hydrogens (primary N) is 1. The maximum atomic E-state index is 13.0. The Labute approximate surface area is 171 Å². The average molecular weight is 387 g/mol.